The van der Waals surface area contributed by atoms with Gasteiger partial charge in [-0.1, -0.05) is 17.7 Å². The molecule has 3 atom stereocenters. The van der Waals surface area contributed by atoms with Gasteiger partial charge in [0.05, 0.1) is 109 Å². The van der Waals surface area contributed by atoms with Gasteiger partial charge in [0.2, 0.25) is 5.95 Å². The molecule has 1 saturated carbocycles. The van der Waals surface area contributed by atoms with Crippen LogP contribution in [0.2, 0.25) is 5.02 Å². The van der Waals surface area contributed by atoms with Crippen LogP contribution in [-0.2, 0) is 39.7 Å². The lowest BCUT2D eigenvalue weighted by Crippen LogP contribution is -2.51. The van der Waals surface area contributed by atoms with E-state index in [1.54, 1.807) is 36.6 Å². The van der Waals surface area contributed by atoms with Gasteiger partial charge in [-0.3, -0.25) is 9.58 Å². The largest absolute Gasteiger partial charge is 0.487 e. The van der Waals surface area contributed by atoms with Gasteiger partial charge in [-0.05, 0) is 74.6 Å². The zero-order valence-electron chi connectivity index (χ0n) is 37.1. The van der Waals surface area contributed by atoms with Crippen LogP contribution in [-0.4, -0.2) is 169 Å². The Morgan fingerprint density at radius 2 is 1.41 bits per heavy atom. The highest BCUT2D eigenvalue weighted by atomic mass is 35.5. The molecule has 348 valence electrons. The van der Waals surface area contributed by atoms with Gasteiger partial charge < -0.3 is 47.9 Å². The second-order valence-corrected chi connectivity index (χ2v) is 16.2. The molecule has 19 nitrogen and oxygen atoms in total. The molecule has 1 aliphatic heterocycles. The van der Waals surface area contributed by atoms with Crippen molar-refractivity contribution in [1.29, 1.82) is 0 Å². The third kappa shape index (κ3) is 16.5. The smallest absolute Gasteiger partial charge is 0.256 e. The second kappa shape index (κ2) is 26.7. The molecule has 0 radical (unpaired) electrons. The van der Waals surface area contributed by atoms with Gasteiger partial charge in [-0.15, -0.1) is 10.2 Å². The van der Waals surface area contributed by atoms with Crippen LogP contribution in [0, 0.1) is 0 Å². The first-order chi connectivity index (χ1) is 30.8. The maximum Gasteiger partial charge on any atom is 0.256 e. The van der Waals surface area contributed by atoms with E-state index in [9.17, 15) is 0 Å². The highest BCUT2D eigenvalue weighted by Gasteiger charge is 2.32. The first kappa shape index (κ1) is 48.4. The van der Waals surface area contributed by atoms with Crippen molar-refractivity contribution in [2.45, 2.75) is 89.8 Å². The molecule has 0 spiro atoms. The average Bonchev–Trinajstić information content (AvgIpc) is 3.95. The quantitative estimate of drug-likeness (QED) is 0.0694. The van der Waals surface area contributed by atoms with Crippen LogP contribution in [0.25, 0.3) is 11.1 Å². The molecule has 4 aromatic rings. The molecule has 6 rings (SSSR count). The van der Waals surface area contributed by atoms with Crippen LogP contribution in [0.3, 0.4) is 0 Å². The fourth-order valence-corrected chi connectivity index (χ4v) is 7.79. The lowest BCUT2D eigenvalue weighted by molar-refractivity contribution is -0.0852. The number of rotatable bonds is 29. The van der Waals surface area contributed by atoms with E-state index in [-0.39, 0.29) is 24.4 Å². The summed E-state index contributed by atoms with van der Waals surface area (Å²) in [6.45, 7) is 14.9. The third-order valence-electron chi connectivity index (χ3n) is 10.6. The van der Waals surface area contributed by atoms with Gasteiger partial charge in [0.15, 0.2) is 0 Å². The third-order valence-corrected chi connectivity index (χ3v) is 10.9. The Morgan fingerprint density at radius 1 is 0.794 bits per heavy atom. The summed E-state index contributed by atoms with van der Waals surface area (Å²) in [5, 5.41) is 20.1. The topological polar surface area (TPSA) is 186 Å². The lowest BCUT2D eigenvalue weighted by atomic mass is 9.89. The van der Waals surface area contributed by atoms with E-state index in [1.165, 1.54) is 0 Å². The number of halogens is 1. The van der Waals surface area contributed by atoms with E-state index in [1.807, 2.05) is 29.9 Å². The zero-order valence-corrected chi connectivity index (χ0v) is 37.9. The van der Waals surface area contributed by atoms with Gasteiger partial charge in [0.25, 0.3) is 5.88 Å². The predicted octanol–water partition coefficient (Wildman–Crippen LogP) is 5.28. The monoisotopic (exact) mass is 900 g/mol. The molecule has 1 aliphatic carbocycles. The Morgan fingerprint density at radius 3 is 2.03 bits per heavy atom. The minimum atomic E-state index is -0.224. The van der Waals surface area contributed by atoms with Crippen molar-refractivity contribution in [2.75, 3.05) is 105 Å². The van der Waals surface area contributed by atoms with Crippen LogP contribution in [0.4, 0.5) is 11.6 Å². The number of benzene rings is 1. The first-order valence-corrected chi connectivity index (χ1v) is 22.5. The van der Waals surface area contributed by atoms with Crippen molar-refractivity contribution in [1.82, 2.24) is 44.9 Å². The molecule has 63 heavy (non-hydrogen) atoms. The fourth-order valence-electron chi connectivity index (χ4n) is 7.63. The molecule has 20 heteroatoms. The summed E-state index contributed by atoms with van der Waals surface area (Å²) in [4.78, 5) is 11.9. The van der Waals surface area contributed by atoms with Crippen LogP contribution >= 0.6 is 11.6 Å². The Kier molecular flexibility index (Phi) is 20.5. The summed E-state index contributed by atoms with van der Waals surface area (Å²) < 4.78 is 54.8. The average molecular weight is 902 g/mol. The molecule has 0 unspecified atom stereocenters. The first-order valence-electron chi connectivity index (χ1n) is 22.1. The highest BCUT2D eigenvalue weighted by molar-refractivity contribution is 6.32. The number of tetrazole rings is 1. The maximum atomic E-state index is 6.51. The summed E-state index contributed by atoms with van der Waals surface area (Å²) in [5.41, 5.74) is 2.37. The Hall–Kier alpha value is -4.05. The molecule has 2 fully saturated rings. The molecule has 1 aromatic carbocycles. The van der Waals surface area contributed by atoms with E-state index < -0.39 is 0 Å². The number of aromatic nitrogens is 8. The molecular formula is C43H65ClN10O9. The maximum absolute atomic E-state index is 6.51. The number of nitrogens with zero attached hydrogens (tertiary/aromatic N) is 9. The van der Waals surface area contributed by atoms with Crippen molar-refractivity contribution in [3.8, 4) is 22.8 Å². The summed E-state index contributed by atoms with van der Waals surface area (Å²) in [6, 6.07) is 6.41. The van der Waals surface area contributed by atoms with E-state index in [0.717, 1.165) is 49.9 Å². The SMILES string of the molecule is COCCOCCOCCOCCOCCOCCCOc1nn(C2CCC(N3C[C@@H](C)O[C@@H](C)C3)CC2)cc1Nc1ncc(-c2ccc(Cl)c(O[C@@H](C)Cn3cnnn3)c2)cn1. The van der Waals surface area contributed by atoms with Crippen molar-refractivity contribution in [2.24, 2.45) is 0 Å². The van der Waals surface area contributed by atoms with Crippen LogP contribution < -0.4 is 14.8 Å². The molecule has 2 aliphatic rings. The van der Waals surface area contributed by atoms with Crippen molar-refractivity contribution >= 4 is 23.2 Å². The predicted molar refractivity (Wildman–Crippen MR) is 235 cm³/mol. The Bertz CT molecular complexity index is 1840. The normalized spacial score (nSPS) is 19.9. The number of ether oxygens (including phenoxy) is 9. The van der Waals surface area contributed by atoms with Crippen LogP contribution in [0.1, 0.15) is 58.9 Å². The molecule has 0 amide bonds. The zero-order chi connectivity index (χ0) is 44.1. The van der Waals surface area contributed by atoms with Gasteiger partial charge in [-0.2, -0.15) is 0 Å². The second-order valence-electron chi connectivity index (χ2n) is 15.8. The minimum absolute atomic E-state index is 0.224. The van der Waals surface area contributed by atoms with Gasteiger partial charge in [0.1, 0.15) is 23.9 Å². The van der Waals surface area contributed by atoms with E-state index in [2.05, 4.69) is 49.6 Å². The molecule has 1 saturated heterocycles. The number of nitrogens with one attached hydrogen (secondary N) is 1. The molecule has 3 aromatic heterocycles. The Labute approximate surface area is 375 Å². The van der Waals surface area contributed by atoms with Crippen LogP contribution in [0.5, 0.6) is 11.6 Å². The number of methoxy groups -OCH3 is 1. The number of hydrogen-bond acceptors (Lipinski definition) is 17. The highest BCUT2D eigenvalue weighted by Crippen LogP contribution is 2.36. The van der Waals surface area contributed by atoms with Gasteiger partial charge >= 0.3 is 0 Å². The van der Waals surface area contributed by atoms with E-state index >= 15 is 0 Å². The van der Waals surface area contributed by atoms with E-state index in [0.29, 0.717) is 127 Å². The van der Waals surface area contributed by atoms with Crippen LogP contribution in [0.15, 0.2) is 43.1 Å². The summed E-state index contributed by atoms with van der Waals surface area (Å²) in [7, 11) is 1.65. The standard InChI is InChI=1S/C43H65ClN10O9/c1-32-27-52(28-33(2)62-32)37-7-9-38(10-8-37)54-30-40(42(49-54)61-13-5-12-56-16-17-58-20-21-60-23-22-59-19-18-57-15-14-55-4)48-43-45-25-36(26-46-43)35-6-11-39(44)41(24-35)63-34(3)29-53-31-47-50-51-53/h6,11,24-26,30-34,37-38H,5,7-10,12-23,27-29H2,1-4H3,(H,45,46,48)/t32-,33+,34-,37?,38?/m0/s1. The van der Waals surface area contributed by atoms with Crippen molar-refractivity contribution < 1.29 is 42.6 Å². The molecule has 4 heterocycles. The summed E-state index contributed by atoms with van der Waals surface area (Å²) in [6.07, 6.45) is 12.3. The summed E-state index contributed by atoms with van der Waals surface area (Å²) in [5.74, 6) is 1.47. The van der Waals surface area contributed by atoms with Crippen molar-refractivity contribution in [3.63, 3.8) is 0 Å². The fraction of sp³-hybridized carbons (Fsp3) is 0.674. The number of morpholine rings is 1. The number of anilines is 2. The molecular weight excluding hydrogens is 836 g/mol. The minimum Gasteiger partial charge on any atom is -0.487 e. The number of hydrogen-bond donors (Lipinski definition) is 1. The Balaban J connectivity index is 0.964. The van der Waals surface area contributed by atoms with Gasteiger partial charge in [-0.25, -0.2) is 14.6 Å². The van der Waals surface area contributed by atoms with E-state index in [4.69, 9.17) is 59.3 Å². The lowest BCUT2D eigenvalue weighted by Gasteiger charge is -2.42. The van der Waals surface area contributed by atoms with Gasteiger partial charge in [0, 0.05) is 57.2 Å². The molecule has 0 bridgehead atoms. The van der Waals surface area contributed by atoms with Crippen molar-refractivity contribution in [3.05, 3.63) is 48.1 Å². The summed E-state index contributed by atoms with van der Waals surface area (Å²) >= 11 is 6.51. The molecule has 1 N–H and O–H groups in total.